The van der Waals surface area contributed by atoms with Gasteiger partial charge in [0.25, 0.3) is 5.91 Å². The van der Waals surface area contributed by atoms with Gasteiger partial charge in [0.15, 0.2) is 0 Å². The molecule has 1 saturated heterocycles. The van der Waals surface area contributed by atoms with Gasteiger partial charge < -0.3 is 24.5 Å². The summed E-state index contributed by atoms with van der Waals surface area (Å²) in [6.45, 7) is 11.9. The fourth-order valence-corrected chi connectivity index (χ4v) is 5.80. The highest BCUT2D eigenvalue weighted by Gasteiger charge is 2.29. The maximum absolute atomic E-state index is 13.1. The van der Waals surface area contributed by atoms with Gasteiger partial charge in [0.05, 0.1) is 16.6 Å². The Morgan fingerprint density at radius 2 is 1.74 bits per heavy atom. The first-order valence-corrected chi connectivity index (χ1v) is 15.2. The normalized spacial score (nSPS) is 14.6. The lowest BCUT2D eigenvalue weighted by Crippen LogP contribution is -2.36. The predicted octanol–water partition coefficient (Wildman–Crippen LogP) is 8.38. The second-order valence-corrected chi connectivity index (χ2v) is 10.2. The Balaban J connectivity index is 0.000000973. The summed E-state index contributed by atoms with van der Waals surface area (Å²) >= 11 is 0. The van der Waals surface area contributed by atoms with Gasteiger partial charge in [0.2, 0.25) is 5.95 Å². The fraction of sp³-hybridized carbons (Fsp3) is 0.371. The highest BCUT2D eigenvalue weighted by molar-refractivity contribution is 6.11. The van der Waals surface area contributed by atoms with Crippen LogP contribution in [-0.4, -0.2) is 42.6 Å². The Hall–Kier alpha value is -4.26. The number of piperidine rings is 1. The Kier molecular flexibility index (Phi) is 9.94. The van der Waals surface area contributed by atoms with Crippen molar-refractivity contribution >= 4 is 39.5 Å². The highest BCUT2D eigenvalue weighted by atomic mass is 16.3. The molecule has 1 amide bonds. The number of hydrogen-bond acceptors (Lipinski definition) is 5. The van der Waals surface area contributed by atoms with E-state index >= 15 is 0 Å². The van der Waals surface area contributed by atoms with Crippen LogP contribution in [0.2, 0.25) is 0 Å². The molecule has 0 aliphatic carbocycles. The molecule has 2 N–H and O–H groups in total. The van der Waals surface area contributed by atoms with Crippen molar-refractivity contribution in [2.24, 2.45) is 7.05 Å². The van der Waals surface area contributed by atoms with E-state index in [9.17, 15) is 4.79 Å². The third-order valence-electron chi connectivity index (χ3n) is 7.80. The number of para-hydroxylation sites is 2. The van der Waals surface area contributed by atoms with Crippen LogP contribution < -0.4 is 15.5 Å². The zero-order chi connectivity index (χ0) is 30.4. The molecule has 0 radical (unpaired) electrons. The van der Waals surface area contributed by atoms with Gasteiger partial charge in [0.1, 0.15) is 11.3 Å². The molecule has 1 aliphatic heterocycles. The molecule has 0 bridgehead atoms. The summed E-state index contributed by atoms with van der Waals surface area (Å²) in [5, 5.41) is 7.06. The molecule has 1 atom stereocenters. The molecule has 7 nitrogen and oxygen atoms in total. The zero-order valence-electron chi connectivity index (χ0n) is 26.3. The average molecular weight is 570 g/mol. The Labute approximate surface area is 251 Å². The molecule has 0 saturated carbocycles. The second kappa shape index (κ2) is 13.6. The Bertz CT molecular complexity index is 1650. The molecule has 1 fully saturated rings. The number of imidazole rings is 1. The number of carbonyl (C=O) groups excluding carboxylic acids is 1. The Morgan fingerprint density at radius 3 is 2.40 bits per heavy atom. The van der Waals surface area contributed by atoms with Gasteiger partial charge in [-0.2, -0.15) is 0 Å². The van der Waals surface area contributed by atoms with E-state index in [2.05, 4.69) is 58.3 Å². The van der Waals surface area contributed by atoms with Crippen LogP contribution in [0, 0.1) is 6.92 Å². The monoisotopic (exact) mass is 569 g/mol. The van der Waals surface area contributed by atoms with E-state index in [4.69, 9.17) is 9.40 Å². The third-order valence-corrected chi connectivity index (χ3v) is 7.80. The molecule has 224 valence electrons. The standard InChI is InChI=1S/C31H33N5O2.2C2H6.H2/c1-19-11-13-20(14-12-19)29-28(30(37)33-3)23-16-22(25(32-2)17-27(23)38-29)21-8-7-15-36(18-21)31-34-24-9-5-6-10-26(24)35(31)4;2*1-2;/h5-6,9-14,16-17,21,32H,7-8,15,18H2,1-4H3,(H,33,37);2*1-2H3;1H/t21-;;;/m1.../s1. The van der Waals surface area contributed by atoms with Crippen molar-refractivity contribution < 1.29 is 10.6 Å². The van der Waals surface area contributed by atoms with E-state index in [1.54, 1.807) is 7.05 Å². The number of aryl methyl sites for hydroxylation is 2. The van der Waals surface area contributed by atoms with Crippen LogP contribution in [0.15, 0.2) is 65.1 Å². The van der Waals surface area contributed by atoms with Gasteiger partial charge in [-0.1, -0.05) is 69.7 Å². The molecule has 1 aliphatic rings. The topological polar surface area (TPSA) is 75.3 Å². The first kappa shape index (κ1) is 30.7. The predicted molar refractivity (Wildman–Crippen MR) is 179 cm³/mol. The number of fused-ring (bicyclic) bond motifs is 2. The first-order valence-electron chi connectivity index (χ1n) is 15.2. The lowest BCUT2D eigenvalue weighted by atomic mass is 9.88. The molecule has 0 unspecified atom stereocenters. The van der Waals surface area contributed by atoms with E-state index < -0.39 is 0 Å². The minimum absolute atomic E-state index is 0. The number of aromatic nitrogens is 2. The molecule has 6 rings (SSSR count). The van der Waals surface area contributed by atoms with Crippen molar-refractivity contribution in [1.29, 1.82) is 0 Å². The van der Waals surface area contributed by atoms with Crippen LogP contribution in [0.5, 0.6) is 0 Å². The van der Waals surface area contributed by atoms with Crippen LogP contribution in [0.25, 0.3) is 33.3 Å². The van der Waals surface area contributed by atoms with E-state index in [0.29, 0.717) is 16.9 Å². The largest absolute Gasteiger partial charge is 0.455 e. The summed E-state index contributed by atoms with van der Waals surface area (Å²) in [5.74, 6) is 1.74. The number of amides is 1. The summed E-state index contributed by atoms with van der Waals surface area (Å²) in [7, 11) is 5.70. The number of carbonyl (C=O) groups is 1. The summed E-state index contributed by atoms with van der Waals surface area (Å²) in [6.07, 6.45) is 2.13. The smallest absolute Gasteiger partial charge is 0.255 e. The minimum Gasteiger partial charge on any atom is -0.455 e. The Morgan fingerprint density at radius 1 is 1.02 bits per heavy atom. The second-order valence-electron chi connectivity index (χ2n) is 10.2. The summed E-state index contributed by atoms with van der Waals surface area (Å²) in [6, 6.07) is 20.6. The molecule has 5 aromatic rings. The molecule has 42 heavy (non-hydrogen) atoms. The highest BCUT2D eigenvalue weighted by Crippen LogP contribution is 2.41. The van der Waals surface area contributed by atoms with E-state index in [1.807, 2.05) is 71.1 Å². The van der Waals surface area contributed by atoms with Gasteiger partial charge in [-0.15, -0.1) is 0 Å². The number of nitrogens with one attached hydrogen (secondary N) is 2. The number of benzene rings is 3. The minimum atomic E-state index is -0.146. The van der Waals surface area contributed by atoms with Gasteiger partial charge in [-0.3, -0.25) is 4.79 Å². The first-order chi connectivity index (χ1) is 20.5. The van der Waals surface area contributed by atoms with Crippen molar-refractivity contribution in [2.45, 2.75) is 53.4 Å². The van der Waals surface area contributed by atoms with Crippen LogP contribution in [-0.2, 0) is 7.05 Å². The lowest BCUT2D eigenvalue weighted by Gasteiger charge is -2.34. The number of anilines is 2. The number of hydrogen-bond donors (Lipinski definition) is 2. The number of rotatable bonds is 5. The molecular weight excluding hydrogens is 522 g/mol. The van der Waals surface area contributed by atoms with Crippen molar-refractivity contribution in [3.8, 4) is 11.3 Å². The van der Waals surface area contributed by atoms with Gasteiger partial charge in [-0.05, 0) is 43.5 Å². The van der Waals surface area contributed by atoms with Gasteiger partial charge >= 0.3 is 0 Å². The van der Waals surface area contributed by atoms with Crippen molar-refractivity contribution in [2.75, 3.05) is 37.4 Å². The summed E-state index contributed by atoms with van der Waals surface area (Å²) < 4.78 is 8.54. The van der Waals surface area contributed by atoms with Crippen LogP contribution >= 0.6 is 0 Å². The van der Waals surface area contributed by atoms with E-state index in [-0.39, 0.29) is 13.3 Å². The maximum atomic E-state index is 13.1. The van der Waals surface area contributed by atoms with Crippen molar-refractivity contribution in [3.05, 3.63) is 77.4 Å². The van der Waals surface area contributed by atoms with E-state index in [0.717, 1.165) is 65.1 Å². The van der Waals surface area contributed by atoms with Crippen LogP contribution in [0.4, 0.5) is 11.6 Å². The molecule has 7 heteroatoms. The molecule has 3 heterocycles. The number of furan rings is 1. The zero-order valence-corrected chi connectivity index (χ0v) is 26.3. The maximum Gasteiger partial charge on any atom is 0.255 e. The van der Waals surface area contributed by atoms with Gasteiger partial charge in [-0.25, -0.2) is 4.98 Å². The average Bonchev–Trinajstić information content (AvgIpc) is 3.59. The molecule has 3 aromatic carbocycles. The molecule has 0 spiro atoms. The molecule has 2 aromatic heterocycles. The summed E-state index contributed by atoms with van der Waals surface area (Å²) in [4.78, 5) is 20.5. The SMILES string of the molecule is CC.CC.CNC(=O)c1c(-c2ccc(C)cc2)oc2cc(NC)c([C@@H]3CCCN(c4nc5ccccc5n4C)C3)cc12.[HH]. The van der Waals surface area contributed by atoms with E-state index in [1.165, 1.54) is 5.56 Å². The van der Waals surface area contributed by atoms with Crippen molar-refractivity contribution in [1.82, 2.24) is 14.9 Å². The molecular formula is C35H47N5O2. The van der Waals surface area contributed by atoms with Crippen LogP contribution in [0.1, 0.15) is 69.4 Å². The number of nitrogens with zero attached hydrogens (tertiary/aromatic N) is 3. The van der Waals surface area contributed by atoms with Crippen molar-refractivity contribution in [3.63, 3.8) is 0 Å². The van der Waals surface area contributed by atoms with Crippen LogP contribution in [0.3, 0.4) is 0 Å². The third kappa shape index (κ3) is 5.73. The summed E-state index contributed by atoms with van der Waals surface area (Å²) in [5.41, 5.74) is 7.72. The lowest BCUT2D eigenvalue weighted by molar-refractivity contribution is 0.0964. The van der Waals surface area contributed by atoms with Gasteiger partial charge in [0, 0.05) is 64.3 Å². The quantitative estimate of drug-likeness (QED) is 0.222. The fourth-order valence-electron chi connectivity index (χ4n) is 5.80.